The van der Waals surface area contributed by atoms with Crippen molar-refractivity contribution in [3.05, 3.63) is 23.8 Å². The fourth-order valence-electron chi connectivity index (χ4n) is 1.82. The molecule has 1 aromatic carbocycles. The Bertz CT molecular complexity index is 577. The van der Waals surface area contributed by atoms with Crippen molar-refractivity contribution in [2.24, 2.45) is 5.92 Å². The molecule has 21 heavy (non-hydrogen) atoms. The van der Waals surface area contributed by atoms with Crippen molar-refractivity contribution in [1.29, 1.82) is 0 Å². The van der Waals surface area contributed by atoms with E-state index >= 15 is 0 Å². The highest BCUT2D eigenvalue weighted by atomic mass is 32.2. The second kappa shape index (κ2) is 7.42. The summed E-state index contributed by atoms with van der Waals surface area (Å²) in [6.07, 6.45) is 0.0950. The summed E-state index contributed by atoms with van der Waals surface area (Å²) < 4.78 is 26.8. The van der Waals surface area contributed by atoms with E-state index in [9.17, 15) is 13.2 Å². The average Bonchev–Trinajstić information content (AvgIpc) is 2.35. The first-order valence-corrected chi connectivity index (χ1v) is 8.34. The second-order valence-corrected chi connectivity index (χ2v) is 7.04. The number of rotatable bonds is 7. The van der Waals surface area contributed by atoms with Gasteiger partial charge >= 0.3 is 0 Å². The number of nitrogen functional groups attached to an aromatic ring is 1. The number of carbonyl (C=O) groups excluding carboxylic acids is 1. The monoisotopic (exact) mass is 313 g/mol. The Morgan fingerprint density at radius 1 is 1.33 bits per heavy atom. The van der Waals surface area contributed by atoms with E-state index < -0.39 is 10.0 Å². The number of hydrogen-bond donors (Lipinski definition) is 3. The van der Waals surface area contributed by atoms with Gasteiger partial charge in [0.1, 0.15) is 4.90 Å². The van der Waals surface area contributed by atoms with Gasteiger partial charge in [0.05, 0.1) is 5.69 Å². The van der Waals surface area contributed by atoms with Crippen LogP contribution in [0.5, 0.6) is 0 Å². The van der Waals surface area contributed by atoms with Crippen molar-refractivity contribution in [3.8, 4) is 0 Å². The van der Waals surface area contributed by atoms with Crippen LogP contribution in [-0.4, -0.2) is 27.4 Å². The van der Waals surface area contributed by atoms with Gasteiger partial charge in [-0.2, -0.15) is 0 Å². The zero-order valence-electron chi connectivity index (χ0n) is 12.6. The molecule has 1 rings (SSSR count). The van der Waals surface area contributed by atoms with Crippen LogP contribution in [0.1, 0.15) is 25.8 Å². The lowest BCUT2D eigenvalue weighted by Gasteiger charge is -2.12. The molecule has 0 saturated carbocycles. The van der Waals surface area contributed by atoms with Gasteiger partial charge in [-0.15, -0.1) is 0 Å². The summed E-state index contributed by atoms with van der Waals surface area (Å²) in [6.45, 7) is 6.28. The highest BCUT2D eigenvalue weighted by Crippen LogP contribution is 2.21. The van der Waals surface area contributed by atoms with Gasteiger partial charge in [0.25, 0.3) is 0 Å². The lowest BCUT2D eigenvalue weighted by Crippen LogP contribution is -2.32. The molecule has 6 nitrogen and oxygen atoms in total. The highest BCUT2D eigenvalue weighted by Gasteiger charge is 2.19. The van der Waals surface area contributed by atoms with Crippen LogP contribution in [0.4, 0.5) is 5.69 Å². The van der Waals surface area contributed by atoms with Crippen molar-refractivity contribution >= 4 is 21.6 Å². The largest absolute Gasteiger partial charge is 0.398 e. The van der Waals surface area contributed by atoms with Gasteiger partial charge in [0.2, 0.25) is 15.9 Å². The van der Waals surface area contributed by atoms with Gasteiger partial charge < -0.3 is 11.1 Å². The van der Waals surface area contributed by atoms with Crippen molar-refractivity contribution in [2.75, 3.05) is 18.8 Å². The van der Waals surface area contributed by atoms with E-state index in [0.29, 0.717) is 18.0 Å². The minimum atomic E-state index is -3.70. The normalized spacial score (nSPS) is 11.6. The summed E-state index contributed by atoms with van der Waals surface area (Å²) >= 11 is 0. The predicted octanol–water partition coefficient (Wildman–Crippen LogP) is 1.02. The van der Waals surface area contributed by atoms with Gasteiger partial charge in [0.15, 0.2) is 0 Å². The molecule has 4 N–H and O–H groups in total. The van der Waals surface area contributed by atoms with Crippen LogP contribution in [0, 0.1) is 12.8 Å². The molecule has 0 radical (unpaired) electrons. The fourth-order valence-corrected chi connectivity index (χ4v) is 3.21. The zero-order valence-corrected chi connectivity index (χ0v) is 13.5. The molecule has 118 valence electrons. The molecule has 0 aliphatic carbocycles. The van der Waals surface area contributed by atoms with Gasteiger partial charge in [-0.05, 0) is 24.5 Å². The molecule has 0 aliphatic heterocycles. The molecule has 7 heteroatoms. The Labute approximate surface area is 126 Å². The maximum atomic E-state index is 12.2. The maximum absolute atomic E-state index is 12.2. The first-order valence-electron chi connectivity index (χ1n) is 6.85. The molecule has 0 fully saturated rings. The third-order valence-corrected chi connectivity index (χ3v) is 4.54. The molecule has 0 aliphatic rings. The Morgan fingerprint density at radius 2 is 2.00 bits per heavy atom. The van der Waals surface area contributed by atoms with Crippen molar-refractivity contribution in [2.45, 2.75) is 32.1 Å². The highest BCUT2D eigenvalue weighted by molar-refractivity contribution is 7.89. The summed E-state index contributed by atoms with van der Waals surface area (Å²) in [6, 6.07) is 4.92. The number of aryl methyl sites for hydroxylation is 1. The number of benzene rings is 1. The summed E-state index contributed by atoms with van der Waals surface area (Å²) in [7, 11) is -3.70. The first kappa shape index (κ1) is 17.5. The van der Waals surface area contributed by atoms with E-state index in [1.165, 1.54) is 6.07 Å². The Balaban J connectivity index is 2.60. The van der Waals surface area contributed by atoms with Crippen LogP contribution < -0.4 is 15.8 Å². The van der Waals surface area contributed by atoms with Crippen molar-refractivity contribution in [3.63, 3.8) is 0 Å². The molecular formula is C14H23N3O3S. The minimum absolute atomic E-state index is 0.0417. The third kappa shape index (κ3) is 5.35. The quantitative estimate of drug-likeness (QED) is 0.654. The average molecular weight is 313 g/mol. The lowest BCUT2D eigenvalue weighted by atomic mass is 10.2. The number of anilines is 1. The van der Waals surface area contributed by atoms with Crippen molar-refractivity contribution in [1.82, 2.24) is 10.0 Å². The minimum Gasteiger partial charge on any atom is -0.398 e. The second-order valence-electron chi connectivity index (χ2n) is 5.34. The fraction of sp³-hybridized carbons (Fsp3) is 0.500. The van der Waals surface area contributed by atoms with E-state index in [-0.39, 0.29) is 29.5 Å². The van der Waals surface area contributed by atoms with Gasteiger partial charge in [-0.1, -0.05) is 26.0 Å². The molecule has 0 atom stereocenters. The molecule has 0 aromatic heterocycles. The summed E-state index contributed by atoms with van der Waals surface area (Å²) in [4.78, 5) is 11.6. The molecule has 1 amide bonds. The molecular weight excluding hydrogens is 290 g/mol. The number of hydrogen-bond acceptors (Lipinski definition) is 4. The number of nitrogens with one attached hydrogen (secondary N) is 2. The van der Waals surface area contributed by atoms with Crippen LogP contribution in [0.15, 0.2) is 23.1 Å². The maximum Gasteiger partial charge on any atom is 0.242 e. The molecule has 1 aromatic rings. The van der Waals surface area contributed by atoms with E-state index in [1.54, 1.807) is 19.1 Å². The smallest absolute Gasteiger partial charge is 0.242 e. The number of nitrogens with two attached hydrogens (primary N) is 1. The van der Waals surface area contributed by atoms with Crippen LogP contribution in [0.3, 0.4) is 0 Å². The Morgan fingerprint density at radius 3 is 2.57 bits per heavy atom. The van der Waals surface area contributed by atoms with Gasteiger partial charge in [0, 0.05) is 19.5 Å². The third-order valence-electron chi connectivity index (χ3n) is 2.86. The van der Waals surface area contributed by atoms with E-state index in [0.717, 1.165) is 0 Å². The van der Waals surface area contributed by atoms with Crippen LogP contribution in [0.25, 0.3) is 0 Å². The van der Waals surface area contributed by atoms with E-state index in [2.05, 4.69) is 10.0 Å². The summed E-state index contributed by atoms with van der Waals surface area (Å²) in [5.41, 5.74) is 6.50. The number of amides is 1. The standard InChI is InChI=1S/C14H23N3O3S/c1-10(2)9-16-13(18)7-8-17-21(19,20)14-11(3)5-4-6-12(14)15/h4-6,10,17H,7-9,15H2,1-3H3,(H,16,18). The molecule has 0 spiro atoms. The number of carbonyl (C=O) groups is 1. The van der Waals surface area contributed by atoms with Gasteiger partial charge in [-0.25, -0.2) is 13.1 Å². The molecule has 0 unspecified atom stereocenters. The van der Waals surface area contributed by atoms with Crippen LogP contribution in [0.2, 0.25) is 0 Å². The van der Waals surface area contributed by atoms with E-state index in [1.807, 2.05) is 13.8 Å². The molecule has 0 heterocycles. The molecule has 0 saturated heterocycles. The van der Waals surface area contributed by atoms with Crippen molar-refractivity contribution < 1.29 is 13.2 Å². The SMILES string of the molecule is Cc1cccc(N)c1S(=O)(=O)NCCC(=O)NCC(C)C. The predicted molar refractivity (Wildman–Crippen MR) is 83.2 cm³/mol. The Kier molecular flexibility index (Phi) is 6.17. The zero-order chi connectivity index (χ0) is 16.0. The lowest BCUT2D eigenvalue weighted by molar-refractivity contribution is -0.121. The van der Waals surface area contributed by atoms with E-state index in [4.69, 9.17) is 5.73 Å². The summed E-state index contributed by atoms with van der Waals surface area (Å²) in [5, 5.41) is 2.73. The topological polar surface area (TPSA) is 101 Å². The van der Waals surface area contributed by atoms with Crippen LogP contribution >= 0.6 is 0 Å². The van der Waals surface area contributed by atoms with Gasteiger partial charge in [-0.3, -0.25) is 4.79 Å². The Hall–Kier alpha value is -1.60. The first-order chi connectivity index (χ1) is 9.74. The molecule has 0 bridgehead atoms. The number of sulfonamides is 1. The summed E-state index contributed by atoms with van der Waals surface area (Å²) in [5.74, 6) is 0.182. The van der Waals surface area contributed by atoms with Crippen LogP contribution in [-0.2, 0) is 14.8 Å².